The van der Waals surface area contributed by atoms with E-state index in [4.69, 9.17) is 5.73 Å². The molecule has 0 saturated heterocycles. The minimum Gasteiger partial charge on any atom is -0.383 e. The Labute approximate surface area is 124 Å². The van der Waals surface area contributed by atoms with Gasteiger partial charge in [-0.2, -0.15) is 0 Å². The maximum absolute atomic E-state index is 5.99. The Morgan fingerprint density at radius 3 is 2.35 bits per heavy atom. The molecule has 0 aromatic carbocycles. The highest BCUT2D eigenvalue weighted by Crippen LogP contribution is 2.31. The van der Waals surface area contributed by atoms with Crippen LogP contribution in [0.2, 0.25) is 0 Å². The highest BCUT2D eigenvalue weighted by atomic mass is 32.2. The number of anilines is 1. The van der Waals surface area contributed by atoms with Crippen LogP contribution in [-0.4, -0.2) is 15.0 Å². The topological polar surface area (TPSA) is 64.7 Å². The maximum atomic E-state index is 5.99. The van der Waals surface area contributed by atoms with Gasteiger partial charge in [0.25, 0.3) is 0 Å². The van der Waals surface area contributed by atoms with E-state index in [1.807, 2.05) is 13.8 Å². The van der Waals surface area contributed by atoms with E-state index in [0.29, 0.717) is 5.82 Å². The van der Waals surface area contributed by atoms with E-state index in [1.54, 1.807) is 11.8 Å². The minimum absolute atomic E-state index is 0.254. The molecule has 0 radical (unpaired) electrons. The van der Waals surface area contributed by atoms with Crippen LogP contribution in [-0.2, 0) is 0 Å². The van der Waals surface area contributed by atoms with Crippen LogP contribution in [0, 0.1) is 20.8 Å². The van der Waals surface area contributed by atoms with Crippen LogP contribution in [0.25, 0.3) is 0 Å². The van der Waals surface area contributed by atoms with Gasteiger partial charge in [0.15, 0.2) is 0 Å². The number of pyridine rings is 1. The number of hydrogen-bond donors (Lipinski definition) is 1. The fourth-order valence-electron chi connectivity index (χ4n) is 1.84. The SMILES string of the molecule is Cc1cc(C)nc(Sc2nc(C(C)C)nc(N)c2C)c1. The molecule has 2 rings (SSSR count). The van der Waals surface area contributed by atoms with Gasteiger partial charge in [0, 0.05) is 17.2 Å². The van der Waals surface area contributed by atoms with Crippen molar-refractivity contribution in [3.05, 3.63) is 34.8 Å². The predicted molar refractivity (Wildman–Crippen MR) is 83.1 cm³/mol. The lowest BCUT2D eigenvalue weighted by atomic mass is 10.2. The van der Waals surface area contributed by atoms with Crippen LogP contribution in [0.15, 0.2) is 22.2 Å². The van der Waals surface area contributed by atoms with E-state index in [-0.39, 0.29) is 5.92 Å². The van der Waals surface area contributed by atoms with Gasteiger partial charge in [-0.1, -0.05) is 13.8 Å². The van der Waals surface area contributed by atoms with Gasteiger partial charge in [0.1, 0.15) is 21.7 Å². The van der Waals surface area contributed by atoms with Gasteiger partial charge in [0.05, 0.1) is 0 Å². The number of nitrogens with zero attached hydrogens (tertiary/aromatic N) is 3. The first kappa shape index (κ1) is 14.8. The first-order chi connectivity index (χ1) is 9.36. The molecule has 2 aromatic rings. The van der Waals surface area contributed by atoms with Crippen molar-refractivity contribution in [2.24, 2.45) is 0 Å². The second kappa shape index (κ2) is 5.79. The van der Waals surface area contributed by atoms with E-state index in [1.165, 1.54) is 5.56 Å². The summed E-state index contributed by atoms with van der Waals surface area (Å²) in [6.07, 6.45) is 0. The lowest BCUT2D eigenvalue weighted by molar-refractivity contribution is 0.751. The van der Waals surface area contributed by atoms with Crippen LogP contribution in [0.1, 0.15) is 42.4 Å². The summed E-state index contributed by atoms with van der Waals surface area (Å²) in [7, 11) is 0. The van der Waals surface area contributed by atoms with E-state index < -0.39 is 0 Å². The molecule has 0 bridgehead atoms. The fourth-order valence-corrected chi connectivity index (χ4v) is 2.87. The van der Waals surface area contributed by atoms with Crippen molar-refractivity contribution >= 4 is 17.6 Å². The van der Waals surface area contributed by atoms with Crippen molar-refractivity contribution in [1.82, 2.24) is 15.0 Å². The zero-order valence-corrected chi connectivity index (χ0v) is 13.4. The lowest BCUT2D eigenvalue weighted by Crippen LogP contribution is -2.05. The molecule has 0 aliphatic carbocycles. The van der Waals surface area contributed by atoms with Crippen molar-refractivity contribution in [3.63, 3.8) is 0 Å². The number of rotatable bonds is 3. The average molecular weight is 288 g/mol. The van der Waals surface area contributed by atoms with E-state index in [0.717, 1.165) is 27.1 Å². The molecule has 20 heavy (non-hydrogen) atoms. The van der Waals surface area contributed by atoms with Crippen molar-refractivity contribution < 1.29 is 0 Å². The molecule has 0 amide bonds. The largest absolute Gasteiger partial charge is 0.383 e. The van der Waals surface area contributed by atoms with Crippen LogP contribution >= 0.6 is 11.8 Å². The molecule has 2 heterocycles. The third-order valence-electron chi connectivity index (χ3n) is 2.95. The Hall–Kier alpha value is -1.62. The van der Waals surface area contributed by atoms with Gasteiger partial charge in [0.2, 0.25) is 0 Å². The van der Waals surface area contributed by atoms with Gasteiger partial charge in [-0.05, 0) is 50.2 Å². The molecule has 0 atom stereocenters. The molecule has 2 aromatic heterocycles. The van der Waals surface area contributed by atoms with Gasteiger partial charge in [-0.3, -0.25) is 0 Å². The van der Waals surface area contributed by atoms with Gasteiger partial charge in [-0.25, -0.2) is 15.0 Å². The molecule has 0 aliphatic heterocycles. The Balaban J connectivity index is 2.42. The first-order valence-electron chi connectivity index (χ1n) is 6.64. The zero-order chi connectivity index (χ0) is 14.9. The molecule has 106 valence electrons. The fraction of sp³-hybridized carbons (Fsp3) is 0.400. The molecule has 0 saturated carbocycles. The van der Waals surface area contributed by atoms with Crippen molar-refractivity contribution in [1.29, 1.82) is 0 Å². The lowest BCUT2D eigenvalue weighted by Gasteiger charge is -2.11. The Morgan fingerprint density at radius 2 is 1.75 bits per heavy atom. The normalized spacial score (nSPS) is 11.1. The number of hydrogen-bond acceptors (Lipinski definition) is 5. The Morgan fingerprint density at radius 1 is 1.05 bits per heavy atom. The minimum atomic E-state index is 0.254. The summed E-state index contributed by atoms with van der Waals surface area (Å²) in [6, 6.07) is 4.12. The molecule has 0 aliphatic rings. The third-order valence-corrected chi connectivity index (χ3v) is 3.96. The van der Waals surface area contributed by atoms with Crippen molar-refractivity contribution in [3.8, 4) is 0 Å². The van der Waals surface area contributed by atoms with Crippen LogP contribution < -0.4 is 5.73 Å². The number of nitrogens with two attached hydrogens (primary N) is 1. The van der Waals surface area contributed by atoms with E-state index in [9.17, 15) is 0 Å². The standard InChI is InChI=1S/C15H20N4S/c1-8(2)14-18-13(16)11(5)15(19-14)20-12-7-9(3)6-10(4)17-12/h6-8H,1-5H3,(H2,16,18,19). The summed E-state index contributed by atoms with van der Waals surface area (Å²) in [5.74, 6) is 1.58. The molecule has 2 N–H and O–H groups in total. The quantitative estimate of drug-likeness (QED) is 0.873. The zero-order valence-electron chi connectivity index (χ0n) is 12.6. The Bertz CT molecular complexity index is 618. The van der Waals surface area contributed by atoms with Gasteiger partial charge < -0.3 is 5.73 Å². The summed E-state index contributed by atoms with van der Waals surface area (Å²) in [5.41, 5.74) is 9.11. The molecule has 0 spiro atoms. The summed E-state index contributed by atoms with van der Waals surface area (Å²) < 4.78 is 0. The molecule has 0 fully saturated rings. The second-order valence-electron chi connectivity index (χ2n) is 5.28. The van der Waals surface area contributed by atoms with Crippen LogP contribution in [0.4, 0.5) is 5.82 Å². The maximum Gasteiger partial charge on any atom is 0.134 e. The predicted octanol–water partition coefficient (Wildman–Crippen LogP) is 3.65. The average Bonchev–Trinajstić information content (AvgIpc) is 2.33. The third kappa shape index (κ3) is 3.28. The monoisotopic (exact) mass is 288 g/mol. The number of aryl methyl sites for hydroxylation is 2. The molecule has 4 nitrogen and oxygen atoms in total. The van der Waals surface area contributed by atoms with Crippen LogP contribution in [0.3, 0.4) is 0 Å². The molecular weight excluding hydrogens is 268 g/mol. The van der Waals surface area contributed by atoms with E-state index >= 15 is 0 Å². The smallest absolute Gasteiger partial charge is 0.134 e. The summed E-state index contributed by atoms with van der Waals surface area (Å²) in [5, 5.41) is 1.83. The summed E-state index contributed by atoms with van der Waals surface area (Å²) in [6.45, 7) is 10.1. The Kier molecular flexibility index (Phi) is 4.28. The van der Waals surface area contributed by atoms with Gasteiger partial charge >= 0.3 is 0 Å². The second-order valence-corrected chi connectivity index (χ2v) is 6.29. The van der Waals surface area contributed by atoms with E-state index in [2.05, 4.69) is 47.9 Å². The van der Waals surface area contributed by atoms with Crippen LogP contribution in [0.5, 0.6) is 0 Å². The summed E-state index contributed by atoms with van der Waals surface area (Å²) in [4.78, 5) is 13.5. The number of nitrogen functional groups attached to an aromatic ring is 1. The number of aromatic nitrogens is 3. The van der Waals surface area contributed by atoms with Crippen molar-refractivity contribution in [2.45, 2.75) is 50.6 Å². The first-order valence-corrected chi connectivity index (χ1v) is 7.45. The summed E-state index contributed by atoms with van der Waals surface area (Å²) >= 11 is 1.55. The highest BCUT2D eigenvalue weighted by Gasteiger charge is 2.13. The molecule has 5 heteroatoms. The highest BCUT2D eigenvalue weighted by molar-refractivity contribution is 7.99. The van der Waals surface area contributed by atoms with Crippen molar-refractivity contribution in [2.75, 3.05) is 5.73 Å². The molecular formula is C15H20N4S. The van der Waals surface area contributed by atoms with Gasteiger partial charge in [-0.15, -0.1) is 0 Å². The molecule has 0 unspecified atom stereocenters.